The summed E-state index contributed by atoms with van der Waals surface area (Å²) in [5, 5.41) is 9.06. The molecule has 0 unspecified atom stereocenters. The predicted molar refractivity (Wildman–Crippen MR) is 83.3 cm³/mol. The van der Waals surface area contributed by atoms with Gasteiger partial charge in [-0.15, -0.1) is 0 Å². The molecule has 8 nitrogen and oxygen atoms in total. The first-order chi connectivity index (χ1) is 11.0. The first-order valence-electron chi connectivity index (χ1n) is 6.65. The molecule has 1 heterocycles. The number of nitrogens with one attached hydrogen (secondary N) is 2. The monoisotopic (exact) mass is 335 g/mol. The van der Waals surface area contributed by atoms with E-state index >= 15 is 0 Å². The molecule has 0 fully saturated rings. The predicted octanol–water partition coefficient (Wildman–Crippen LogP) is 0.840. The van der Waals surface area contributed by atoms with E-state index in [1.807, 2.05) is 5.32 Å². The third-order valence-electron chi connectivity index (χ3n) is 2.82. The summed E-state index contributed by atoms with van der Waals surface area (Å²) in [7, 11) is 0. The zero-order valence-electron chi connectivity index (χ0n) is 12.0. The van der Waals surface area contributed by atoms with Crippen LogP contribution in [-0.2, 0) is 4.79 Å². The lowest BCUT2D eigenvalue weighted by atomic mass is 10.3. The van der Waals surface area contributed by atoms with Crippen LogP contribution in [0.25, 0.3) is 5.69 Å². The number of rotatable bonds is 5. The molecule has 9 heteroatoms. The second-order valence-electron chi connectivity index (χ2n) is 4.52. The first-order valence-corrected chi connectivity index (χ1v) is 7.03. The number of carbonyl (C=O) groups excluding carboxylic acids is 3. The number of benzene rings is 1. The van der Waals surface area contributed by atoms with E-state index in [1.54, 1.807) is 30.5 Å². The molecule has 1 aromatic heterocycles. The average molecular weight is 336 g/mol. The molecular weight excluding hydrogens is 322 g/mol. The molecule has 120 valence electrons. The third kappa shape index (κ3) is 4.55. The van der Waals surface area contributed by atoms with Crippen molar-refractivity contribution in [2.45, 2.75) is 6.42 Å². The molecule has 0 radical (unpaired) electrons. The molecule has 0 aliphatic carbocycles. The highest BCUT2D eigenvalue weighted by molar-refractivity contribution is 6.32. The molecule has 0 aliphatic rings. The Kier molecular flexibility index (Phi) is 5.32. The SMILES string of the molecule is NC(=O)NC(=O)CCNC(=O)c1ccn(-c2ccccc2Cl)n1. The number of carbonyl (C=O) groups is 3. The van der Waals surface area contributed by atoms with E-state index in [0.29, 0.717) is 10.7 Å². The van der Waals surface area contributed by atoms with Gasteiger partial charge in [0.25, 0.3) is 5.91 Å². The maximum absolute atomic E-state index is 11.9. The number of imide groups is 1. The zero-order valence-corrected chi connectivity index (χ0v) is 12.7. The van der Waals surface area contributed by atoms with Crippen molar-refractivity contribution < 1.29 is 14.4 Å². The maximum Gasteiger partial charge on any atom is 0.318 e. The fraction of sp³-hybridized carbons (Fsp3) is 0.143. The number of amides is 4. The molecule has 4 amide bonds. The highest BCUT2D eigenvalue weighted by Crippen LogP contribution is 2.18. The number of primary amides is 1. The molecule has 2 aromatic rings. The number of nitrogens with zero attached hydrogens (tertiary/aromatic N) is 2. The molecule has 0 saturated carbocycles. The topological polar surface area (TPSA) is 119 Å². The summed E-state index contributed by atoms with van der Waals surface area (Å²) in [4.78, 5) is 33.6. The van der Waals surface area contributed by atoms with Gasteiger partial charge in [-0.2, -0.15) is 5.10 Å². The fourth-order valence-corrected chi connectivity index (χ4v) is 2.02. The van der Waals surface area contributed by atoms with E-state index in [1.165, 1.54) is 10.7 Å². The Morgan fingerprint density at radius 2 is 1.96 bits per heavy atom. The van der Waals surface area contributed by atoms with Crippen LogP contribution in [-0.4, -0.2) is 34.2 Å². The smallest absolute Gasteiger partial charge is 0.318 e. The van der Waals surface area contributed by atoms with Gasteiger partial charge in [0.05, 0.1) is 10.7 Å². The van der Waals surface area contributed by atoms with Gasteiger partial charge in [0.2, 0.25) is 5.91 Å². The van der Waals surface area contributed by atoms with Crippen molar-refractivity contribution in [2.24, 2.45) is 5.73 Å². The molecule has 0 aliphatic heterocycles. The van der Waals surface area contributed by atoms with E-state index in [0.717, 1.165) is 0 Å². The maximum atomic E-state index is 11.9. The molecule has 0 atom stereocenters. The van der Waals surface area contributed by atoms with Crippen LogP contribution in [0.15, 0.2) is 36.5 Å². The summed E-state index contributed by atoms with van der Waals surface area (Å²) in [6, 6.07) is 7.68. The van der Waals surface area contributed by atoms with Crippen LogP contribution in [0, 0.1) is 0 Å². The van der Waals surface area contributed by atoms with Gasteiger partial charge < -0.3 is 11.1 Å². The van der Waals surface area contributed by atoms with E-state index in [2.05, 4.69) is 10.4 Å². The lowest BCUT2D eigenvalue weighted by Crippen LogP contribution is -2.37. The molecular formula is C14H14ClN5O3. The first kappa shape index (κ1) is 16.5. The Bertz CT molecular complexity index is 744. The quantitative estimate of drug-likeness (QED) is 0.750. The number of hydrogen-bond donors (Lipinski definition) is 3. The third-order valence-corrected chi connectivity index (χ3v) is 3.14. The Morgan fingerprint density at radius 1 is 1.22 bits per heavy atom. The summed E-state index contributed by atoms with van der Waals surface area (Å²) >= 11 is 6.06. The van der Waals surface area contributed by atoms with Crippen LogP contribution in [0.4, 0.5) is 4.79 Å². The Morgan fingerprint density at radius 3 is 2.65 bits per heavy atom. The molecule has 0 bridgehead atoms. The molecule has 4 N–H and O–H groups in total. The number of hydrogen-bond acceptors (Lipinski definition) is 4. The number of aromatic nitrogens is 2. The fourth-order valence-electron chi connectivity index (χ4n) is 1.80. The Labute approximate surface area is 136 Å². The van der Waals surface area contributed by atoms with Crippen molar-refractivity contribution in [1.29, 1.82) is 0 Å². The Hall–Kier alpha value is -2.87. The van der Waals surface area contributed by atoms with Crippen molar-refractivity contribution in [1.82, 2.24) is 20.4 Å². The number of halogens is 1. The lowest BCUT2D eigenvalue weighted by Gasteiger charge is -2.04. The summed E-state index contributed by atoms with van der Waals surface area (Å²) in [5.74, 6) is -1.01. The van der Waals surface area contributed by atoms with Crippen molar-refractivity contribution >= 4 is 29.4 Å². The van der Waals surface area contributed by atoms with Crippen LogP contribution in [0.3, 0.4) is 0 Å². The number of urea groups is 1. The second kappa shape index (κ2) is 7.41. The Balaban J connectivity index is 1.93. The van der Waals surface area contributed by atoms with Crippen LogP contribution < -0.4 is 16.4 Å². The molecule has 23 heavy (non-hydrogen) atoms. The van der Waals surface area contributed by atoms with Crippen LogP contribution in [0.5, 0.6) is 0 Å². The van der Waals surface area contributed by atoms with E-state index in [4.69, 9.17) is 17.3 Å². The van der Waals surface area contributed by atoms with Gasteiger partial charge in [0, 0.05) is 19.2 Å². The molecule has 0 saturated heterocycles. The standard InChI is InChI=1S/C14H14ClN5O3/c15-9-3-1-2-4-11(9)20-8-6-10(19-20)13(22)17-7-5-12(21)18-14(16)23/h1-4,6,8H,5,7H2,(H,17,22)(H3,16,18,21,23). The highest BCUT2D eigenvalue weighted by atomic mass is 35.5. The van der Waals surface area contributed by atoms with Gasteiger partial charge in [-0.05, 0) is 18.2 Å². The molecule has 0 spiro atoms. The van der Waals surface area contributed by atoms with E-state index < -0.39 is 17.8 Å². The second-order valence-corrected chi connectivity index (χ2v) is 4.92. The van der Waals surface area contributed by atoms with Gasteiger partial charge in [-0.3, -0.25) is 14.9 Å². The van der Waals surface area contributed by atoms with Crippen molar-refractivity contribution in [3.63, 3.8) is 0 Å². The van der Waals surface area contributed by atoms with Crippen molar-refractivity contribution in [2.75, 3.05) is 6.54 Å². The van der Waals surface area contributed by atoms with E-state index in [9.17, 15) is 14.4 Å². The molecule has 1 aromatic carbocycles. The van der Waals surface area contributed by atoms with Gasteiger partial charge in [-0.25, -0.2) is 9.48 Å². The molecule has 2 rings (SSSR count). The summed E-state index contributed by atoms with van der Waals surface area (Å²) in [5.41, 5.74) is 5.63. The van der Waals surface area contributed by atoms with Gasteiger partial charge in [0.15, 0.2) is 5.69 Å². The van der Waals surface area contributed by atoms with Crippen LogP contribution in [0.1, 0.15) is 16.9 Å². The van der Waals surface area contributed by atoms with Gasteiger partial charge in [-0.1, -0.05) is 23.7 Å². The minimum absolute atomic E-state index is 0.0525. The minimum atomic E-state index is -0.931. The lowest BCUT2D eigenvalue weighted by molar-refractivity contribution is -0.119. The normalized spacial score (nSPS) is 10.1. The zero-order chi connectivity index (χ0) is 16.8. The summed E-state index contributed by atoms with van der Waals surface area (Å²) in [6.45, 7) is 0.0525. The van der Waals surface area contributed by atoms with Gasteiger partial charge in [0.1, 0.15) is 0 Å². The largest absolute Gasteiger partial charge is 0.351 e. The summed E-state index contributed by atoms with van der Waals surface area (Å²) < 4.78 is 1.48. The van der Waals surface area contributed by atoms with Crippen LogP contribution >= 0.6 is 11.6 Å². The highest BCUT2D eigenvalue weighted by Gasteiger charge is 2.12. The van der Waals surface area contributed by atoms with Crippen molar-refractivity contribution in [3.05, 3.63) is 47.2 Å². The average Bonchev–Trinajstić information content (AvgIpc) is 2.96. The van der Waals surface area contributed by atoms with E-state index in [-0.39, 0.29) is 18.7 Å². The van der Waals surface area contributed by atoms with Crippen LogP contribution in [0.2, 0.25) is 5.02 Å². The van der Waals surface area contributed by atoms with Crippen molar-refractivity contribution in [3.8, 4) is 5.69 Å². The number of para-hydroxylation sites is 1. The minimum Gasteiger partial charge on any atom is -0.351 e. The van der Waals surface area contributed by atoms with Gasteiger partial charge >= 0.3 is 6.03 Å². The number of nitrogens with two attached hydrogens (primary N) is 1. The summed E-state index contributed by atoms with van der Waals surface area (Å²) in [6.07, 6.45) is 1.54.